The Bertz CT molecular complexity index is 452. The highest BCUT2D eigenvalue weighted by molar-refractivity contribution is 7.91. The molecule has 0 aromatic heterocycles. The molecule has 0 aliphatic carbocycles. The zero-order chi connectivity index (χ0) is 14.8. The Morgan fingerprint density at radius 3 is 2.75 bits per heavy atom. The summed E-state index contributed by atoms with van der Waals surface area (Å²) in [6.07, 6.45) is 2.65. The molecule has 1 amide bonds. The summed E-state index contributed by atoms with van der Waals surface area (Å²) in [6, 6.07) is 0.0457. The number of amides is 1. The third kappa shape index (κ3) is 4.17. The van der Waals surface area contributed by atoms with Gasteiger partial charge in [-0.05, 0) is 31.7 Å². The minimum atomic E-state index is -2.95. The number of carbonyl (C=O) groups excluding carboxylic acids is 1. The Hall–Kier alpha value is -0.660. The molecular weight excluding hydrogens is 278 g/mol. The first-order valence-electron chi connectivity index (χ1n) is 7.33. The molecule has 0 saturated carbocycles. The van der Waals surface area contributed by atoms with Gasteiger partial charge >= 0.3 is 0 Å². The predicted octanol–water partition coefficient (Wildman–Crippen LogP) is -0.651. The summed E-state index contributed by atoms with van der Waals surface area (Å²) in [7, 11) is -2.95. The van der Waals surface area contributed by atoms with Crippen LogP contribution in [-0.2, 0) is 14.6 Å². The van der Waals surface area contributed by atoms with E-state index in [2.05, 4.69) is 17.1 Å². The van der Waals surface area contributed by atoms with Gasteiger partial charge in [0.15, 0.2) is 9.84 Å². The van der Waals surface area contributed by atoms with Crippen LogP contribution >= 0.6 is 0 Å². The molecule has 2 heterocycles. The Morgan fingerprint density at radius 1 is 1.40 bits per heavy atom. The van der Waals surface area contributed by atoms with E-state index in [1.54, 1.807) is 0 Å². The summed E-state index contributed by atoms with van der Waals surface area (Å²) >= 11 is 0. The van der Waals surface area contributed by atoms with Gasteiger partial charge in [0.1, 0.15) is 0 Å². The maximum atomic E-state index is 12.0. The average Bonchev–Trinajstić information content (AvgIpc) is 2.70. The van der Waals surface area contributed by atoms with E-state index in [-0.39, 0.29) is 29.5 Å². The van der Waals surface area contributed by atoms with Gasteiger partial charge in [-0.3, -0.25) is 9.69 Å². The van der Waals surface area contributed by atoms with Crippen LogP contribution in [0.25, 0.3) is 0 Å². The van der Waals surface area contributed by atoms with Crippen molar-refractivity contribution in [2.75, 3.05) is 31.1 Å². The first-order valence-corrected chi connectivity index (χ1v) is 9.15. The second kappa shape index (κ2) is 6.41. The molecule has 2 aliphatic rings. The lowest BCUT2D eigenvalue weighted by Gasteiger charge is -2.37. The van der Waals surface area contributed by atoms with E-state index >= 15 is 0 Å². The lowest BCUT2D eigenvalue weighted by Crippen LogP contribution is -2.51. The number of sulfone groups is 1. The topological polar surface area (TPSA) is 92.5 Å². The number of piperidine rings is 1. The van der Waals surface area contributed by atoms with Crippen molar-refractivity contribution in [3.63, 3.8) is 0 Å². The molecule has 0 radical (unpaired) electrons. The molecule has 0 bridgehead atoms. The lowest BCUT2D eigenvalue weighted by atomic mass is 9.92. The molecule has 2 saturated heterocycles. The second-order valence-electron chi connectivity index (χ2n) is 6.16. The van der Waals surface area contributed by atoms with E-state index < -0.39 is 9.84 Å². The molecule has 3 atom stereocenters. The highest BCUT2D eigenvalue weighted by Gasteiger charge is 2.31. The summed E-state index contributed by atoms with van der Waals surface area (Å²) < 4.78 is 22.7. The van der Waals surface area contributed by atoms with Crippen molar-refractivity contribution >= 4 is 15.7 Å². The van der Waals surface area contributed by atoms with Crippen LogP contribution in [0, 0.1) is 5.92 Å². The van der Waals surface area contributed by atoms with Crippen molar-refractivity contribution in [2.45, 2.75) is 38.3 Å². The Balaban J connectivity index is 1.82. The minimum Gasteiger partial charge on any atom is -0.351 e. The third-order valence-corrected chi connectivity index (χ3v) is 6.08. The van der Waals surface area contributed by atoms with Gasteiger partial charge in [-0.1, -0.05) is 6.92 Å². The van der Waals surface area contributed by atoms with Crippen molar-refractivity contribution in [3.8, 4) is 0 Å². The normalized spacial score (nSPS) is 34.0. The molecular formula is C13H25N3O3S. The van der Waals surface area contributed by atoms with Crippen molar-refractivity contribution in [1.82, 2.24) is 10.2 Å². The summed E-state index contributed by atoms with van der Waals surface area (Å²) in [5, 5.41) is 2.84. The number of likely N-dealkylation sites (tertiary alicyclic amines) is 1. The van der Waals surface area contributed by atoms with Crippen LogP contribution in [0.1, 0.15) is 26.2 Å². The van der Waals surface area contributed by atoms with Crippen LogP contribution in [-0.4, -0.2) is 62.4 Å². The van der Waals surface area contributed by atoms with Gasteiger partial charge in [0.05, 0.1) is 18.1 Å². The first-order chi connectivity index (χ1) is 9.39. The van der Waals surface area contributed by atoms with E-state index in [4.69, 9.17) is 5.73 Å². The van der Waals surface area contributed by atoms with E-state index in [9.17, 15) is 13.2 Å². The predicted molar refractivity (Wildman–Crippen MR) is 78.0 cm³/mol. The van der Waals surface area contributed by atoms with Crippen LogP contribution in [0.3, 0.4) is 0 Å². The lowest BCUT2D eigenvalue weighted by molar-refractivity contribution is -0.123. The Labute approximate surface area is 121 Å². The van der Waals surface area contributed by atoms with Crippen LogP contribution < -0.4 is 11.1 Å². The van der Waals surface area contributed by atoms with Crippen LogP contribution in [0.5, 0.6) is 0 Å². The Kier molecular flexibility index (Phi) is 5.04. The SMILES string of the molecule is CC1CCN(CC(=O)NC2CCS(=O)(=O)C2)C(CN)C1. The number of nitrogens with zero attached hydrogens (tertiary/aromatic N) is 1. The highest BCUT2D eigenvalue weighted by Crippen LogP contribution is 2.21. The molecule has 2 aliphatic heterocycles. The van der Waals surface area contributed by atoms with E-state index in [0.717, 1.165) is 19.4 Å². The maximum absolute atomic E-state index is 12.0. The summed E-state index contributed by atoms with van der Waals surface area (Å²) in [6.45, 7) is 3.99. The molecule has 2 fully saturated rings. The summed E-state index contributed by atoms with van der Waals surface area (Å²) in [4.78, 5) is 14.2. The van der Waals surface area contributed by atoms with Gasteiger partial charge in [0, 0.05) is 18.6 Å². The average molecular weight is 303 g/mol. The van der Waals surface area contributed by atoms with Gasteiger partial charge < -0.3 is 11.1 Å². The largest absolute Gasteiger partial charge is 0.351 e. The van der Waals surface area contributed by atoms with E-state index in [1.807, 2.05) is 0 Å². The molecule has 0 aromatic rings. The van der Waals surface area contributed by atoms with Gasteiger partial charge in [-0.25, -0.2) is 8.42 Å². The maximum Gasteiger partial charge on any atom is 0.234 e. The second-order valence-corrected chi connectivity index (χ2v) is 8.39. The zero-order valence-corrected chi connectivity index (χ0v) is 12.9. The van der Waals surface area contributed by atoms with Gasteiger partial charge in [0.25, 0.3) is 0 Å². The van der Waals surface area contributed by atoms with Crippen molar-refractivity contribution in [2.24, 2.45) is 11.7 Å². The number of rotatable bonds is 4. The molecule has 6 nitrogen and oxygen atoms in total. The smallest absolute Gasteiger partial charge is 0.234 e. The minimum absolute atomic E-state index is 0.0795. The first kappa shape index (κ1) is 15.7. The van der Waals surface area contributed by atoms with Crippen LogP contribution in [0.2, 0.25) is 0 Å². The fourth-order valence-corrected chi connectivity index (χ4v) is 4.79. The standard InChI is InChI=1S/C13H25N3O3S/c1-10-2-4-16(12(6-10)7-14)8-13(17)15-11-3-5-20(18,19)9-11/h10-12H,2-9,14H2,1H3,(H,15,17). The van der Waals surface area contributed by atoms with Crippen LogP contribution in [0.15, 0.2) is 0 Å². The molecule has 2 rings (SSSR count). The molecule has 116 valence electrons. The number of nitrogens with two attached hydrogens (primary N) is 1. The molecule has 7 heteroatoms. The van der Waals surface area contributed by atoms with E-state index in [1.165, 1.54) is 0 Å². The fourth-order valence-electron chi connectivity index (χ4n) is 3.12. The molecule has 3 N–H and O–H groups in total. The molecule has 0 aromatic carbocycles. The van der Waals surface area contributed by atoms with Gasteiger partial charge in [-0.2, -0.15) is 0 Å². The fraction of sp³-hybridized carbons (Fsp3) is 0.923. The van der Waals surface area contributed by atoms with Gasteiger partial charge in [0.2, 0.25) is 5.91 Å². The molecule has 3 unspecified atom stereocenters. The molecule has 0 spiro atoms. The summed E-state index contributed by atoms with van der Waals surface area (Å²) in [5.74, 6) is 0.837. The number of nitrogens with one attached hydrogen (secondary N) is 1. The van der Waals surface area contributed by atoms with Crippen LogP contribution in [0.4, 0.5) is 0 Å². The quantitative estimate of drug-likeness (QED) is 0.720. The van der Waals surface area contributed by atoms with Crippen molar-refractivity contribution in [1.29, 1.82) is 0 Å². The number of hydrogen-bond donors (Lipinski definition) is 2. The van der Waals surface area contributed by atoms with Crippen molar-refractivity contribution < 1.29 is 13.2 Å². The van der Waals surface area contributed by atoms with E-state index in [0.29, 0.717) is 25.4 Å². The molecule has 20 heavy (non-hydrogen) atoms. The third-order valence-electron chi connectivity index (χ3n) is 4.32. The summed E-state index contributed by atoms with van der Waals surface area (Å²) in [5.41, 5.74) is 5.78. The monoisotopic (exact) mass is 303 g/mol. The Morgan fingerprint density at radius 2 is 2.15 bits per heavy atom. The number of carbonyl (C=O) groups is 1. The highest BCUT2D eigenvalue weighted by atomic mass is 32.2. The zero-order valence-electron chi connectivity index (χ0n) is 12.0. The van der Waals surface area contributed by atoms with Crippen molar-refractivity contribution in [3.05, 3.63) is 0 Å². The number of hydrogen-bond acceptors (Lipinski definition) is 5. The van der Waals surface area contributed by atoms with Gasteiger partial charge in [-0.15, -0.1) is 0 Å².